The molecule has 168 valence electrons. The molecule has 1 aliphatic heterocycles. The number of hydrogen-bond acceptors (Lipinski definition) is 4. The summed E-state index contributed by atoms with van der Waals surface area (Å²) in [5, 5.41) is 6.56. The Morgan fingerprint density at radius 2 is 1.88 bits per heavy atom. The molecular formula is C20H17F4N5O2S. The molecule has 3 aromatic rings. The molecule has 2 amide bonds. The fourth-order valence-electron chi connectivity index (χ4n) is 3.34. The van der Waals surface area contributed by atoms with Crippen LogP contribution in [0.3, 0.4) is 0 Å². The van der Waals surface area contributed by atoms with Crippen LogP contribution in [0.1, 0.15) is 39.5 Å². The topological polar surface area (TPSA) is 80.1 Å². The molecule has 0 unspecified atom stereocenters. The highest BCUT2D eigenvalue weighted by atomic mass is 32.1. The zero-order valence-electron chi connectivity index (χ0n) is 16.5. The minimum atomic E-state index is -4.49. The normalized spacial score (nSPS) is 15.7. The number of nitrogens with one attached hydrogen (secondary N) is 1. The van der Waals surface area contributed by atoms with Gasteiger partial charge in [0.15, 0.2) is 17.2 Å². The molecule has 0 saturated heterocycles. The van der Waals surface area contributed by atoms with E-state index in [-0.39, 0.29) is 43.2 Å². The van der Waals surface area contributed by atoms with Crippen molar-refractivity contribution in [3.63, 3.8) is 0 Å². The average molecular weight is 467 g/mol. The quantitative estimate of drug-likeness (QED) is 0.590. The summed E-state index contributed by atoms with van der Waals surface area (Å²) in [5.74, 6) is -2.25. The summed E-state index contributed by atoms with van der Waals surface area (Å²) in [7, 11) is 0. The van der Waals surface area contributed by atoms with Gasteiger partial charge < -0.3 is 10.2 Å². The molecule has 0 bridgehead atoms. The van der Waals surface area contributed by atoms with Crippen molar-refractivity contribution >= 4 is 36.7 Å². The number of halogens is 4. The van der Waals surface area contributed by atoms with Crippen LogP contribution in [0.5, 0.6) is 0 Å². The fraction of sp³-hybridized carbons (Fsp3) is 0.200. The summed E-state index contributed by atoms with van der Waals surface area (Å²) in [6, 6.07) is 6.29. The molecule has 12 heteroatoms. The number of rotatable bonds is 3. The largest absolute Gasteiger partial charge is 0.416 e. The van der Waals surface area contributed by atoms with Gasteiger partial charge in [0, 0.05) is 18.4 Å². The number of carbonyl (C=O) groups is 2. The highest BCUT2D eigenvalue weighted by Gasteiger charge is 2.35. The van der Waals surface area contributed by atoms with Gasteiger partial charge in [-0.15, -0.1) is 0 Å². The number of pyridine rings is 1. The average Bonchev–Trinajstić information content (AvgIpc) is 3.15. The van der Waals surface area contributed by atoms with Crippen LogP contribution in [-0.2, 0) is 6.18 Å². The Morgan fingerprint density at radius 3 is 2.50 bits per heavy atom. The molecule has 4 rings (SSSR count). The van der Waals surface area contributed by atoms with Gasteiger partial charge in [-0.3, -0.25) is 14.3 Å². The van der Waals surface area contributed by atoms with Gasteiger partial charge >= 0.3 is 6.18 Å². The number of benzene rings is 1. The molecule has 0 spiro atoms. The Labute approximate surface area is 186 Å². The summed E-state index contributed by atoms with van der Waals surface area (Å²) < 4.78 is 53.8. The van der Waals surface area contributed by atoms with Crippen molar-refractivity contribution in [2.75, 3.05) is 16.8 Å². The molecule has 0 radical (unpaired) electrons. The zero-order chi connectivity index (χ0) is 22.3. The predicted octanol–water partition coefficient (Wildman–Crippen LogP) is 4.02. The molecule has 1 N–H and O–H groups in total. The van der Waals surface area contributed by atoms with Crippen LogP contribution in [0.25, 0.3) is 0 Å². The molecule has 0 saturated carbocycles. The molecule has 1 aromatic carbocycles. The lowest BCUT2D eigenvalue weighted by Crippen LogP contribution is -2.43. The Balaban J connectivity index is 0.00000289. The van der Waals surface area contributed by atoms with E-state index in [9.17, 15) is 27.2 Å². The van der Waals surface area contributed by atoms with Gasteiger partial charge in [-0.1, -0.05) is 0 Å². The standard InChI is InChI=1S/C20H15F4N5O2.H2S/c1-11-10-28(13-6-4-12(5-7-13)20(22,23)24)19(31)17-15(9-26-29(11)17)27-18(30)16-14(21)3-2-8-25-16;/h2-9,11H,10H2,1H3,(H,27,30);1H2/t11-;/m0./s1. The summed E-state index contributed by atoms with van der Waals surface area (Å²) in [4.78, 5) is 30.5. The van der Waals surface area contributed by atoms with E-state index in [0.29, 0.717) is 0 Å². The summed E-state index contributed by atoms with van der Waals surface area (Å²) in [6.45, 7) is 1.94. The minimum absolute atomic E-state index is 0. The van der Waals surface area contributed by atoms with E-state index in [0.717, 1.165) is 18.2 Å². The van der Waals surface area contributed by atoms with Crippen molar-refractivity contribution in [2.45, 2.75) is 19.1 Å². The number of alkyl halides is 3. The highest BCUT2D eigenvalue weighted by molar-refractivity contribution is 7.59. The maximum Gasteiger partial charge on any atom is 0.416 e. The first-order chi connectivity index (χ1) is 14.7. The Hall–Kier alpha value is -3.41. The van der Waals surface area contributed by atoms with Crippen LogP contribution in [0.4, 0.5) is 28.9 Å². The SMILES string of the molecule is C[C@H]1CN(c2ccc(C(F)(F)F)cc2)C(=O)c2c(NC(=O)c3ncccc3F)cnn21.S. The van der Waals surface area contributed by atoms with Crippen molar-refractivity contribution in [2.24, 2.45) is 0 Å². The van der Waals surface area contributed by atoms with E-state index in [1.807, 2.05) is 0 Å². The van der Waals surface area contributed by atoms with Gasteiger partial charge in [0.2, 0.25) is 0 Å². The Morgan fingerprint density at radius 1 is 1.19 bits per heavy atom. The van der Waals surface area contributed by atoms with E-state index in [1.165, 1.54) is 40.2 Å². The van der Waals surface area contributed by atoms with Gasteiger partial charge in [-0.25, -0.2) is 9.37 Å². The van der Waals surface area contributed by atoms with E-state index in [1.54, 1.807) is 6.92 Å². The second kappa shape index (κ2) is 8.61. The van der Waals surface area contributed by atoms with Crippen molar-refractivity contribution < 1.29 is 27.2 Å². The molecule has 1 atom stereocenters. The number of anilines is 2. The lowest BCUT2D eigenvalue weighted by atomic mass is 10.1. The predicted molar refractivity (Wildman–Crippen MR) is 113 cm³/mol. The second-order valence-electron chi connectivity index (χ2n) is 6.95. The van der Waals surface area contributed by atoms with Crippen LogP contribution < -0.4 is 10.2 Å². The van der Waals surface area contributed by atoms with Gasteiger partial charge in [0.25, 0.3) is 11.8 Å². The number of nitrogens with zero attached hydrogens (tertiary/aromatic N) is 4. The van der Waals surface area contributed by atoms with Gasteiger partial charge in [-0.2, -0.15) is 31.8 Å². The number of carbonyl (C=O) groups excluding carboxylic acids is 2. The molecule has 32 heavy (non-hydrogen) atoms. The Bertz CT molecular complexity index is 1160. The summed E-state index contributed by atoms with van der Waals surface area (Å²) >= 11 is 0. The van der Waals surface area contributed by atoms with Crippen LogP contribution >= 0.6 is 13.5 Å². The van der Waals surface area contributed by atoms with E-state index >= 15 is 0 Å². The highest BCUT2D eigenvalue weighted by Crippen LogP contribution is 2.33. The van der Waals surface area contributed by atoms with E-state index in [2.05, 4.69) is 15.4 Å². The second-order valence-corrected chi connectivity index (χ2v) is 6.95. The lowest BCUT2D eigenvalue weighted by Gasteiger charge is -2.32. The third-order valence-electron chi connectivity index (χ3n) is 4.84. The first-order valence-corrected chi connectivity index (χ1v) is 9.15. The van der Waals surface area contributed by atoms with Crippen molar-refractivity contribution in [1.29, 1.82) is 0 Å². The first kappa shape index (κ1) is 23.3. The molecule has 1 aliphatic rings. The van der Waals surface area contributed by atoms with Crippen LogP contribution in [0.15, 0.2) is 48.8 Å². The summed E-state index contributed by atoms with van der Waals surface area (Å²) in [5.41, 5.74) is -0.931. The monoisotopic (exact) mass is 467 g/mol. The Kier molecular flexibility index (Phi) is 6.26. The fourth-order valence-corrected chi connectivity index (χ4v) is 3.34. The molecule has 3 heterocycles. The molecule has 2 aromatic heterocycles. The van der Waals surface area contributed by atoms with Crippen molar-refractivity contribution in [3.05, 3.63) is 71.6 Å². The first-order valence-electron chi connectivity index (χ1n) is 9.15. The smallest absolute Gasteiger partial charge is 0.317 e. The van der Waals surface area contributed by atoms with Gasteiger partial charge in [0.1, 0.15) is 0 Å². The van der Waals surface area contributed by atoms with Crippen LogP contribution in [-0.4, -0.2) is 33.1 Å². The van der Waals surface area contributed by atoms with E-state index in [4.69, 9.17) is 0 Å². The molecule has 7 nitrogen and oxygen atoms in total. The third-order valence-corrected chi connectivity index (χ3v) is 4.84. The maximum atomic E-state index is 13.8. The molecule has 0 fully saturated rings. The number of aromatic nitrogens is 3. The van der Waals surface area contributed by atoms with E-state index < -0.39 is 35.1 Å². The minimum Gasteiger partial charge on any atom is -0.317 e. The number of fused-ring (bicyclic) bond motifs is 1. The van der Waals surface area contributed by atoms with Crippen molar-refractivity contribution in [3.8, 4) is 0 Å². The summed E-state index contributed by atoms with van der Waals surface area (Å²) in [6.07, 6.45) is -1.97. The van der Waals surface area contributed by atoms with Gasteiger partial charge in [-0.05, 0) is 43.3 Å². The van der Waals surface area contributed by atoms with Gasteiger partial charge in [0.05, 0.1) is 23.5 Å². The number of amides is 2. The van der Waals surface area contributed by atoms with Crippen LogP contribution in [0.2, 0.25) is 0 Å². The zero-order valence-corrected chi connectivity index (χ0v) is 17.5. The maximum absolute atomic E-state index is 13.8. The number of hydrogen-bond donors (Lipinski definition) is 1. The van der Waals surface area contributed by atoms with Crippen molar-refractivity contribution in [1.82, 2.24) is 14.8 Å². The van der Waals surface area contributed by atoms with Crippen LogP contribution in [0, 0.1) is 5.82 Å². The lowest BCUT2D eigenvalue weighted by molar-refractivity contribution is -0.137. The third kappa shape index (κ3) is 4.17. The molecular weight excluding hydrogens is 450 g/mol. The molecule has 0 aliphatic carbocycles.